The number of carbonyl (C=O) groups is 1. The number of methoxy groups -OCH3 is 1. The minimum absolute atomic E-state index is 0.151. The Morgan fingerprint density at radius 2 is 2.17 bits per heavy atom. The van der Waals surface area contributed by atoms with Gasteiger partial charge in [-0.2, -0.15) is 9.61 Å². The number of pyridine rings is 1. The Morgan fingerprint density at radius 1 is 1.31 bits per heavy atom. The third-order valence-electron chi connectivity index (χ3n) is 6.65. The van der Waals surface area contributed by atoms with Gasteiger partial charge in [-0.3, -0.25) is 9.59 Å². The van der Waals surface area contributed by atoms with Crippen LogP contribution in [-0.2, 0) is 9.47 Å². The average molecular weight is 486 g/mol. The molecule has 1 saturated carbocycles. The molecule has 2 aliphatic rings. The number of halogens is 1. The number of alkyl halides is 1. The van der Waals surface area contributed by atoms with Crippen molar-refractivity contribution in [3.05, 3.63) is 46.5 Å². The van der Waals surface area contributed by atoms with Gasteiger partial charge in [0.25, 0.3) is 11.5 Å². The molecule has 3 aromatic heterocycles. The molecule has 4 heterocycles. The second kappa shape index (κ2) is 9.62. The lowest BCUT2D eigenvalue weighted by atomic mass is 9.90. The van der Waals surface area contributed by atoms with Crippen LogP contribution in [0.1, 0.15) is 35.7 Å². The predicted octanol–water partition coefficient (Wildman–Crippen LogP) is 1.88. The van der Waals surface area contributed by atoms with Crippen LogP contribution < -0.4 is 21.5 Å². The Labute approximate surface area is 200 Å². The first-order valence-electron chi connectivity index (χ1n) is 11.6. The van der Waals surface area contributed by atoms with Gasteiger partial charge in [0, 0.05) is 33.0 Å². The monoisotopic (exact) mass is 485 g/mol. The number of hydrogen-bond acceptors (Lipinski definition) is 8. The number of fused-ring (bicyclic) bond motifs is 1. The Hall–Kier alpha value is -3.51. The van der Waals surface area contributed by atoms with E-state index in [4.69, 9.17) is 9.47 Å². The zero-order valence-corrected chi connectivity index (χ0v) is 19.5. The molecular formula is C23H28FN7O4. The van der Waals surface area contributed by atoms with Gasteiger partial charge in [-0.05, 0) is 31.4 Å². The molecule has 11 nitrogen and oxygen atoms in total. The van der Waals surface area contributed by atoms with E-state index in [1.807, 2.05) is 0 Å². The molecule has 3 aromatic rings. The van der Waals surface area contributed by atoms with Gasteiger partial charge in [0.15, 0.2) is 5.65 Å². The molecule has 1 amide bonds. The van der Waals surface area contributed by atoms with E-state index in [1.54, 1.807) is 43.1 Å². The van der Waals surface area contributed by atoms with Crippen LogP contribution in [0.15, 0.2) is 35.4 Å². The molecule has 1 aliphatic heterocycles. The maximum Gasteiger partial charge on any atom is 0.274 e. The summed E-state index contributed by atoms with van der Waals surface area (Å²) in [5.41, 5.74) is 0.610. The molecule has 4 atom stereocenters. The van der Waals surface area contributed by atoms with Gasteiger partial charge in [-0.1, -0.05) is 0 Å². The van der Waals surface area contributed by atoms with Gasteiger partial charge in [-0.25, -0.2) is 9.37 Å². The Kier molecular flexibility index (Phi) is 6.39. The number of nitrogens with one attached hydrogen (secondary N) is 3. The topological polar surface area (TPSA) is 124 Å². The van der Waals surface area contributed by atoms with Crippen molar-refractivity contribution < 1.29 is 18.7 Å². The van der Waals surface area contributed by atoms with Gasteiger partial charge in [-0.15, -0.1) is 0 Å². The van der Waals surface area contributed by atoms with Crippen molar-refractivity contribution in [2.24, 2.45) is 0 Å². The van der Waals surface area contributed by atoms with Crippen LogP contribution in [0.5, 0.6) is 0 Å². The molecule has 2 fully saturated rings. The third kappa shape index (κ3) is 4.34. The fourth-order valence-corrected chi connectivity index (χ4v) is 4.48. The highest BCUT2D eigenvalue weighted by Gasteiger charge is 2.33. The zero-order chi connectivity index (χ0) is 24.5. The normalized spacial score (nSPS) is 24.1. The van der Waals surface area contributed by atoms with Gasteiger partial charge in [0.1, 0.15) is 35.2 Å². The van der Waals surface area contributed by atoms with Crippen LogP contribution in [0.2, 0.25) is 0 Å². The molecule has 1 aliphatic carbocycles. The molecule has 0 aromatic carbocycles. The maximum atomic E-state index is 13.7. The SMILES string of the molecule is CNc1cc(Nc2cccn(C3CCOC[C@H]3OC)c2=O)nc2c(C(=O)N[C@H]3CC[C@H]3F)cnn12. The first-order valence-corrected chi connectivity index (χ1v) is 11.6. The molecule has 3 N–H and O–H groups in total. The minimum Gasteiger partial charge on any atom is -0.379 e. The van der Waals surface area contributed by atoms with E-state index in [1.165, 1.54) is 10.7 Å². The fraction of sp³-hybridized carbons (Fsp3) is 0.478. The number of anilines is 3. The van der Waals surface area contributed by atoms with Gasteiger partial charge >= 0.3 is 0 Å². The number of amides is 1. The molecule has 1 unspecified atom stereocenters. The van der Waals surface area contributed by atoms with Crippen molar-refractivity contribution in [1.29, 1.82) is 0 Å². The second-order valence-electron chi connectivity index (χ2n) is 8.71. The van der Waals surface area contributed by atoms with Crippen LogP contribution in [0.3, 0.4) is 0 Å². The summed E-state index contributed by atoms with van der Waals surface area (Å²) >= 11 is 0. The van der Waals surface area contributed by atoms with E-state index in [-0.39, 0.29) is 28.9 Å². The summed E-state index contributed by atoms with van der Waals surface area (Å²) in [7, 11) is 3.32. The number of aromatic nitrogens is 4. The third-order valence-corrected chi connectivity index (χ3v) is 6.65. The highest BCUT2D eigenvalue weighted by molar-refractivity contribution is 6.00. The summed E-state index contributed by atoms with van der Waals surface area (Å²) in [6.07, 6.45) is 3.59. The molecule has 5 rings (SSSR count). The van der Waals surface area contributed by atoms with Crippen molar-refractivity contribution in [2.75, 3.05) is 38.0 Å². The van der Waals surface area contributed by atoms with Gasteiger partial charge in [0.05, 0.1) is 24.9 Å². The average Bonchev–Trinajstić information content (AvgIpc) is 3.31. The van der Waals surface area contributed by atoms with Crippen molar-refractivity contribution in [3.8, 4) is 0 Å². The van der Waals surface area contributed by atoms with Gasteiger partial charge < -0.3 is 30.0 Å². The van der Waals surface area contributed by atoms with Crippen LogP contribution in [0.4, 0.5) is 21.7 Å². The molecule has 186 valence electrons. The van der Waals surface area contributed by atoms with Crippen LogP contribution in [0.25, 0.3) is 5.65 Å². The standard InChI is InChI=1S/C23H28FN7O4/c1-25-20-10-19(29-21-13(11-26-31(20)21)22(32)28-15-6-5-14(15)24)27-16-4-3-8-30(23(16)33)17-7-9-35-12-18(17)34-2/h3-4,8,10-11,14-15,17-18,25H,5-7,9,12H2,1-2H3,(H,27,29)(H,28,32)/t14-,15+,17?,18-/m1/s1. The number of hydrogen-bond donors (Lipinski definition) is 3. The summed E-state index contributed by atoms with van der Waals surface area (Å²) in [6, 6.07) is 4.50. The molecule has 0 spiro atoms. The summed E-state index contributed by atoms with van der Waals surface area (Å²) in [5.74, 6) is 0.475. The van der Waals surface area contributed by atoms with Crippen molar-refractivity contribution in [1.82, 2.24) is 24.5 Å². The molecule has 35 heavy (non-hydrogen) atoms. The second-order valence-corrected chi connectivity index (χ2v) is 8.71. The number of ether oxygens (including phenoxy) is 2. The molecule has 1 saturated heterocycles. The van der Waals surface area contributed by atoms with E-state index in [0.717, 1.165) is 0 Å². The van der Waals surface area contributed by atoms with Crippen molar-refractivity contribution >= 4 is 28.9 Å². The zero-order valence-electron chi connectivity index (χ0n) is 19.5. The van der Waals surface area contributed by atoms with Crippen molar-refractivity contribution in [2.45, 2.75) is 43.6 Å². The number of rotatable bonds is 7. The Bertz CT molecular complexity index is 1290. The maximum absolute atomic E-state index is 13.7. The highest BCUT2D eigenvalue weighted by Crippen LogP contribution is 2.26. The van der Waals surface area contributed by atoms with Crippen molar-refractivity contribution in [3.63, 3.8) is 0 Å². The highest BCUT2D eigenvalue weighted by atomic mass is 19.1. The van der Waals surface area contributed by atoms with Gasteiger partial charge in [0.2, 0.25) is 0 Å². The molecular weight excluding hydrogens is 457 g/mol. The van der Waals surface area contributed by atoms with Crippen LogP contribution in [0, 0.1) is 0 Å². The summed E-state index contributed by atoms with van der Waals surface area (Å²) in [5, 5.41) is 13.1. The lowest BCUT2D eigenvalue weighted by Gasteiger charge is -2.32. The summed E-state index contributed by atoms with van der Waals surface area (Å²) < 4.78 is 27.8. The lowest BCUT2D eigenvalue weighted by molar-refractivity contribution is -0.0609. The largest absolute Gasteiger partial charge is 0.379 e. The fourth-order valence-electron chi connectivity index (χ4n) is 4.48. The lowest BCUT2D eigenvalue weighted by Crippen LogP contribution is -2.48. The predicted molar refractivity (Wildman–Crippen MR) is 127 cm³/mol. The van der Waals surface area contributed by atoms with E-state index in [2.05, 4.69) is 26.0 Å². The van der Waals surface area contributed by atoms with Crippen LogP contribution >= 0.6 is 0 Å². The number of nitrogens with zero attached hydrogens (tertiary/aromatic N) is 4. The number of carbonyl (C=O) groups excluding carboxylic acids is 1. The van der Waals surface area contributed by atoms with E-state index < -0.39 is 18.1 Å². The molecule has 0 radical (unpaired) electrons. The van der Waals surface area contributed by atoms with E-state index in [9.17, 15) is 14.0 Å². The van der Waals surface area contributed by atoms with E-state index >= 15 is 0 Å². The first kappa shape index (κ1) is 23.2. The van der Waals surface area contributed by atoms with Crippen LogP contribution in [-0.4, -0.2) is 70.8 Å². The minimum atomic E-state index is -1.03. The summed E-state index contributed by atoms with van der Waals surface area (Å²) in [6.45, 7) is 0.972. The quantitative estimate of drug-likeness (QED) is 0.464. The molecule has 12 heteroatoms. The summed E-state index contributed by atoms with van der Waals surface area (Å²) in [4.78, 5) is 30.6. The Morgan fingerprint density at radius 3 is 2.89 bits per heavy atom. The Balaban J connectivity index is 1.46. The van der Waals surface area contributed by atoms with E-state index in [0.29, 0.717) is 49.8 Å². The molecule has 0 bridgehead atoms. The first-order chi connectivity index (χ1) is 17.0. The smallest absolute Gasteiger partial charge is 0.274 e.